The normalized spacial score (nSPS) is 14.4. The van der Waals surface area contributed by atoms with Crippen LogP contribution >= 0.6 is 11.6 Å². The number of carbonyl (C=O) groups excluding carboxylic acids is 2. The Balaban J connectivity index is 1.36. The highest BCUT2D eigenvalue weighted by molar-refractivity contribution is 6.33. The lowest BCUT2D eigenvalue weighted by Crippen LogP contribution is -2.46. The van der Waals surface area contributed by atoms with Crippen LogP contribution in [-0.2, 0) is 0 Å². The second kappa shape index (κ2) is 9.08. The molecule has 1 aliphatic heterocycles. The number of aromatic nitrogens is 1. The lowest BCUT2D eigenvalue weighted by atomic mass is 10.0. The maximum Gasteiger partial charge on any atom is 0.289 e. The van der Waals surface area contributed by atoms with Gasteiger partial charge in [-0.1, -0.05) is 48.0 Å². The number of carbonyl (C=O) groups is 2. The molecule has 2 amide bonds. The summed E-state index contributed by atoms with van der Waals surface area (Å²) >= 11 is 6.39. The largest absolute Gasteiger partial charge is 0.459 e. The summed E-state index contributed by atoms with van der Waals surface area (Å²) in [7, 11) is 0. The number of amides is 2. The lowest BCUT2D eigenvalue weighted by Gasteiger charge is -2.32. The van der Waals surface area contributed by atoms with Gasteiger partial charge < -0.3 is 14.6 Å². The number of hydrogen-bond donors (Lipinski definition) is 1. The van der Waals surface area contributed by atoms with Crippen molar-refractivity contribution in [3.63, 3.8) is 0 Å². The first-order valence-corrected chi connectivity index (χ1v) is 11.3. The van der Waals surface area contributed by atoms with Crippen molar-refractivity contribution < 1.29 is 14.0 Å². The van der Waals surface area contributed by atoms with Gasteiger partial charge in [0.25, 0.3) is 11.8 Å². The Morgan fingerprint density at radius 1 is 1.00 bits per heavy atom. The third-order valence-electron chi connectivity index (χ3n) is 5.96. The average molecular weight is 460 g/mol. The number of likely N-dealkylation sites (tertiary alicyclic amines) is 1. The van der Waals surface area contributed by atoms with Crippen molar-refractivity contribution in [2.24, 2.45) is 0 Å². The van der Waals surface area contributed by atoms with E-state index in [1.165, 1.54) is 6.26 Å². The zero-order chi connectivity index (χ0) is 22.8. The molecule has 33 heavy (non-hydrogen) atoms. The molecule has 4 aromatic rings. The summed E-state index contributed by atoms with van der Waals surface area (Å²) in [5, 5.41) is 4.53. The first-order valence-electron chi connectivity index (χ1n) is 10.9. The van der Waals surface area contributed by atoms with Gasteiger partial charge in [-0.05, 0) is 43.2 Å². The number of para-hydroxylation sites is 1. The average Bonchev–Trinajstić information content (AvgIpc) is 3.39. The summed E-state index contributed by atoms with van der Waals surface area (Å²) in [5.41, 5.74) is 2.73. The molecule has 166 valence electrons. The van der Waals surface area contributed by atoms with Crippen molar-refractivity contribution in [1.82, 2.24) is 15.2 Å². The molecule has 1 N–H and O–H groups in total. The minimum Gasteiger partial charge on any atom is -0.459 e. The molecule has 5 rings (SSSR count). The third-order valence-corrected chi connectivity index (χ3v) is 6.29. The van der Waals surface area contributed by atoms with Gasteiger partial charge >= 0.3 is 0 Å². The molecular weight excluding hydrogens is 438 g/mol. The van der Waals surface area contributed by atoms with Crippen molar-refractivity contribution in [2.75, 3.05) is 13.1 Å². The molecule has 2 aromatic heterocycles. The molecule has 2 aromatic carbocycles. The quantitative estimate of drug-likeness (QED) is 0.456. The number of nitrogens with zero attached hydrogens (tertiary/aromatic N) is 2. The van der Waals surface area contributed by atoms with Crippen molar-refractivity contribution in [1.29, 1.82) is 0 Å². The van der Waals surface area contributed by atoms with Crippen molar-refractivity contribution >= 4 is 34.3 Å². The van der Waals surface area contributed by atoms with E-state index in [-0.39, 0.29) is 17.9 Å². The Bertz CT molecular complexity index is 1310. The lowest BCUT2D eigenvalue weighted by molar-refractivity contribution is 0.0667. The monoisotopic (exact) mass is 459 g/mol. The van der Waals surface area contributed by atoms with Gasteiger partial charge in [-0.15, -0.1) is 0 Å². The molecule has 1 fully saturated rings. The minimum atomic E-state index is -0.155. The molecule has 0 bridgehead atoms. The van der Waals surface area contributed by atoms with E-state index < -0.39 is 0 Å². The highest BCUT2D eigenvalue weighted by Crippen LogP contribution is 2.30. The maximum atomic E-state index is 13.3. The molecule has 0 unspecified atom stereocenters. The summed E-state index contributed by atoms with van der Waals surface area (Å²) in [4.78, 5) is 32.3. The summed E-state index contributed by atoms with van der Waals surface area (Å²) in [6, 6.07) is 20.2. The van der Waals surface area contributed by atoms with E-state index in [2.05, 4.69) is 5.32 Å². The van der Waals surface area contributed by atoms with Crippen LogP contribution in [0.3, 0.4) is 0 Å². The Morgan fingerprint density at radius 2 is 1.76 bits per heavy atom. The SMILES string of the molecule is O=C(NC1CCN(C(=O)c2ccco2)CC1)c1cc(-c2ccccc2Cl)nc2ccccc12. The predicted molar refractivity (Wildman–Crippen MR) is 127 cm³/mol. The molecule has 6 nitrogen and oxygen atoms in total. The van der Waals surface area contributed by atoms with Crippen molar-refractivity contribution in [3.05, 3.63) is 89.3 Å². The van der Waals surface area contributed by atoms with Crippen LogP contribution in [0, 0.1) is 0 Å². The zero-order valence-corrected chi connectivity index (χ0v) is 18.6. The molecular formula is C26H22ClN3O3. The van der Waals surface area contributed by atoms with E-state index >= 15 is 0 Å². The fraction of sp³-hybridized carbons (Fsp3) is 0.192. The number of hydrogen-bond acceptors (Lipinski definition) is 4. The van der Waals surface area contributed by atoms with Crippen molar-refractivity contribution in [3.8, 4) is 11.3 Å². The number of halogens is 1. The highest BCUT2D eigenvalue weighted by atomic mass is 35.5. The van der Waals surface area contributed by atoms with E-state index in [0.29, 0.717) is 48.0 Å². The highest BCUT2D eigenvalue weighted by Gasteiger charge is 2.26. The van der Waals surface area contributed by atoms with Gasteiger partial charge in [0.2, 0.25) is 0 Å². The van der Waals surface area contributed by atoms with Gasteiger partial charge in [0, 0.05) is 35.1 Å². The molecule has 7 heteroatoms. The number of furan rings is 1. The molecule has 1 aliphatic rings. The van der Waals surface area contributed by atoms with Gasteiger partial charge in [0.05, 0.1) is 23.0 Å². The van der Waals surface area contributed by atoms with Gasteiger partial charge in [-0.3, -0.25) is 9.59 Å². The van der Waals surface area contributed by atoms with E-state index in [1.54, 1.807) is 23.1 Å². The second-order valence-electron chi connectivity index (χ2n) is 8.07. The standard InChI is InChI=1S/C26H22ClN3O3/c27-21-8-3-1-7-19(21)23-16-20(18-6-2-4-9-22(18)29-23)25(31)28-17-11-13-30(14-12-17)26(32)24-10-5-15-33-24/h1-10,15-17H,11-14H2,(H,28,31). The molecule has 0 aliphatic carbocycles. The zero-order valence-electron chi connectivity index (χ0n) is 17.8. The molecule has 0 saturated carbocycles. The van der Waals surface area contributed by atoms with Crippen LogP contribution in [0.1, 0.15) is 33.8 Å². The fourth-order valence-corrected chi connectivity index (χ4v) is 4.45. The summed E-state index contributed by atoms with van der Waals surface area (Å²) in [5.74, 6) is 0.0693. The molecule has 1 saturated heterocycles. The number of rotatable bonds is 4. The van der Waals surface area contributed by atoms with E-state index in [4.69, 9.17) is 21.0 Å². The maximum absolute atomic E-state index is 13.3. The summed E-state index contributed by atoms with van der Waals surface area (Å²) in [6.07, 6.45) is 2.85. The Labute approximate surface area is 196 Å². The van der Waals surface area contributed by atoms with Crippen LogP contribution in [0.5, 0.6) is 0 Å². The first-order chi connectivity index (χ1) is 16.1. The fourth-order valence-electron chi connectivity index (χ4n) is 4.22. The number of pyridine rings is 1. The van der Waals surface area contributed by atoms with E-state index in [1.807, 2.05) is 48.5 Å². The van der Waals surface area contributed by atoms with Crippen LogP contribution in [0.2, 0.25) is 5.02 Å². The molecule has 0 radical (unpaired) electrons. The third kappa shape index (κ3) is 4.34. The number of nitrogens with one attached hydrogen (secondary N) is 1. The first kappa shape index (κ1) is 21.2. The minimum absolute atomic E-state index is 0.0196. The molecule has 0 atom stereocenters. The summed E-state index contributed by atoms with van der Waals surface area (Å²) < 4.78 is 5.22. The van der Waals surface area contributed by atoms with Gasteiger partial charge in [0.1, 0.15) is 0 Å². The van der Waals surface area contributed by atoms with Gasteiger partial charge in [-0.25, -0.2) is 4.98 Å². The Morgan fingerprint density at radius 3 is 2.52 bits per heavy atom. The summed E-state index contributed by atoms with van der Waals surface area (Å²) in [6.45, 7) is 1.12. The van der Waals surface area contributed by atoms with Crippen LogP contribution in [0.4, 0.5) is 0 Å². The molecule has 3 heterocycles. The number of fused-ring (bicyclic) bond motifs is 1. The van der Waals surface area contributed by atoms with E-state index in [0.717, 1.165) is 16.5 Å². The second-order valence-corrected chi connectivity index (χ2v) is 8.48. The molecule has 0 spiro atoms. The van der Waals surface area contributed by atoms with Crippen LogP contribution in [0.15, 0.2) is 77.4 Å². The van der Waals surface area contributed by atoms with E-state index in [9.17, 15) is 9.59 Å². The van der Waals surface area contributed by atoms with Crippen LogP contribution < -0.4 is 5.32 Å². The van der Waals surface area contributed by atoms with Gasteiger partial charge in [-0.2, -0.15) is 0 Å². The predicted octanol–water partition coefficient (Wildman–Crippen LogP) is 5.18. The van der Waals surface area contributed by atoms with Crippen LogP contribution in [0.25, 0.3) is 22.2 Å². The van der Waals surface area contributed by atoms with Gasteiger partial charge in [0.15, 0.2) is 5.76 Å². The Hall–Kier alpha value is -3.64. The topological polar surface area (TPSA) is 75.4 Å². The smallest absolute Gasteiger partial charge is 0.289 e. The number of piperidine rings is 1. The van der Waals surface area contributed by atoms with Crippen molar-refractivity contribution in [2.45, 2.75) is 18.9 Å². The van der Waals surface area contributed by atoms with Crippen LogP contribution in [-0.4, -0.2) is 40.8 Å². The number of benzene rings is 2. The Kier molecular flexibility index (Phi) is 5.84.